The minimum atomic E-state index is -0.00722. The monoisotopic (exact) mass is 446 g/mol. The van der Waals surface area contributed by atoms with Gasteiger partial charge in [-0.1, -0.05) is 32.4 Å². The van der Waals surface area contributed by atoms with Crippen molar-refractivity contribution in [1.82, 2.24) is 16.0 Å². The number of aliphatic imine (C=N–C) groups is 1. The van der Waals surface area contributed by atoms with Crippen LogP contribution in [0.4, 0.5) is 0 Å². The number of nitrogens with one attached hydrogen (secondary N) is 3. The molecule has 5 nitrogen and oxygen atoms in total. The van der Waals surface area contributed by atoms with Crippen molar-refractivity contribution >= 4 is 35.8 Å². The van der Waals surface area contributed by atoms with E-state index < -0.39 is 0 Å². The van der Waals surface area contributed by atoms with E-state index in [9.17, 15) is 4.79 Å². The van der Waals surface area contributed by atoms with E-state index in [0.717, 1.165) is 37.3 Å². The van der Waals surface area contributed by atoms with Crippen LogP contribution in [0.2, 0.25) is 0 Å². The van der Waals surface area contributed by atoms with E-state index in [2.05, 4.69) is 41.7 Å². The molecule has 0 heterocycles. The van der Waals surface area contributed by atoms with Crippen LogP contribution in [-0.2, 0) is 6.54 Å². The van der Waals surface area contributed by atoms with Gasteiger partial charge in [-0.2, -0.15) is 0 Å². The van der Waals surface area contributed by atoms with Gasteiger partial charge in [0.1, 0.15) is 0 Å². The standard InChI is InChI=1S/C18H30N4O.HI/c1-5-7-12-20-17(23)16-10-8-15(9-11-16)13-21-18(19-4)22-14(3)6-2;/h8-11,14H,5-7,12-13H2,1-4H3,(H,20,23)(H2,19,21,22);1H. The molecule has 6 heteroatoms. The Hall–Kier alpha value is -1.31. The average Bonchev–Trinajstić information content (AvgIpc) is 2.58. The number of hydrogen-bond donors (Lipinski definition) is 3. The molecule has 3 N–H and O–H groups in total. The Morgan fingerprint density at radius 3 is 2.38 bits per heavy atom. The number of halogens is 1. The van der Waals surface area contributed by atoms with E-state index in [1.165, 1.54) is 0 Å². The third-order valence-corrected chi connectivity index (χ3v) is 3.71. The van der Waals surface area contributed by atoms with Gasteiger partial charge in [0.15, 0.2) is 5.96 Å². The molecule has 24 heavy (non-hydrogen) atoms. The molecule has 0 aromatic heterocycles. The summed E-state index contributed by atoms with van der Waals surface area (Å²) in [5, 5.41) is 9.52. The Labute approximate surface area is 163 Å². The van der Waals surface area contributed by atoms with Crippen LogP contribution < -0.4 is 16.0 Å². The molecule has 0 bridgehead atoms. The van der Waals surface area contributed by atoms with E-state index in [4.69, 9.17) is 0 Å². The lowest BCUT2D eigenvalue weighted by Gasteiger charge is -2.16. The molecule has 0 aliphatic carbocycles. The summed E-state index contributed by atoms with van der Waals surface area (Å²) < 4.78 is 0. The number of amides is 1. The highest BCUT2D eigenvalue weighted by molar-refractivity contribution is 14.0. The predicted molar refractivity (Wildman–Crippen MR) is 112 cm³/mol. The van der Waals surface area contributed by atoms with Crippen molar-refractivity contribution in [1.29, 1.82) is 0 Å². The van der Waals surface area contributed by atoms with Crippen molar-refractivity contribution < 1.29 is 4.79 Å². The van der Waals surface area contributed by atoms with Crippen molar-refractivity contribution in [3.05, 3.63) is 35.4 Å². The molecule has 1 atom stereocenters. The molecule has 1 rings (SSSR count). The molecule has 0 aliphatic rings. The first-order valence-electron chi connectivity index (χ1n) is 8.45. The molecule has 1 unspecified atom stereocenters. The Morgan fingerprint density at radius 1 is 1.17 bits per heavy atom. The number of guanidine groups is 1. The van der Waals surface area contributed by atoms with Crippen LogP contribution in [-0.4, -0.2) is 31.5 Å². The summed E-state index contributed by atoms with van der Waals surface area (Å²) >= 11 is 0. The fraction of sp³-hybridized carbons (Fsp3) is 0.556. The Bertz CT molecular complexity index is 502. The van der Waals surface area contributed by atoms with Crippen molar-refractivity contribution in [2.45, 2.75) is 52.6 Å². The van der Waals surface area contributed by atoms with Gasteiger partial charge >= 0.3 is 0 Å². The number of carbonyl (C=O) groups excluding carboxylic acids is 1. The lowest BCUT2D eigenvalue weighted by molar-refractivity contribution is 0.0953. The third kappa shape index (κ3) is 8.52. The second kappa shape index (κ2) is 13.0. The molecule has 1 aromatic rings. The van der Waals surface area contributed by atoms with Crippen molar-refractivity contribution in [3.63, 3.8) is 0 Å². The van der Waals surface area contributed by atoms with Gasteiger partial charge in [0.2, 0.25) is 0 Å². The summed E-state index contributed by atoms with van der Waals surface area (Å²) in [7, 11) is 1.77. The number of benzene rings is 1. The molecule has 0 spiro atoms. The normalized spacial score (nSPS) is 12.1. The van der Waals surface area contributed by atoms with E-state index in [1.54, 1.807) is 7.05 Å². The van der Waals surface area contributed by atoms with Crippen LogP contribution in [0, 0.1) is 0 Å². The predicted octanol–water partition coefficient (Wildman–Crippen LogP) is 3.30. The average molecular weight is 446 g/mol. The van der Waals surface area contributed by atoms with Crippen LogP contribution in [0.1, 0.15) is 56.0 Å². The topological polar surface area (TPSA) is 65.5 Å². The summed E-state index contributed by atoms with van der Waals surface area (Å²) in [6.07, 6.45) is 3.13. The number of unbranched alkanes of at least 4 members (excludes halogenated alkanes) is 1. The highest BCUT2D eigenvalue weighted by Gasteiger charge is 2.05. The number of nitrogens with zero attached hydrogens (tertiary/aromatic N) is 1. The maximum atomic E-state index is 11.9. The van der Waals surface area contributed by atoms with Crippen molar-refractivity contribution in [3.8, 4) is 0 Å². The quantitative estimate of drug-likeness (QED) is 0.249. The maximum absolute atomic E-state index is 11.9. The van der Waals surface area contributed by atoms with E-state index in [0.29, 0.717) is 18.2 Å². The minimum absolute atomic E-state index is 0. The lowest BCUT2D eigenvalue weighted by Crippen LogP contribution is -2.41. The Morgan fingerprint density at radius 2 is 1.83 bits per heavy atom. The van der Waals surface area contributed by atoms with Crippen LogP contribution in [0.15, 0.2) is 29.3 Å². The molecule has 0 fully saturated rings. The second-order valence-corrected chi connectivity index (χ2v) is 5.69. The summed E-state index contributed by atoms with van der Waals surface area (Å²) in [5.41, 5.74) is 1.81. The van der Waals surface area contributed by atoms with Gasteiger partial charge in [-0.15, -0.1) is 24.0 Å². The molecule has 136 valence electrons. The van der Waals surface area contributed by atoms with Gasteiger partial charge in [0.25, 0.3) is 5.91 Å². The fourth-order valence-electron chi connectivity index (χ4n) is 1.97. The number of hydrogen-bond acceptors (Lipinski definition) is 2. The largest absolute Gasteiger partial charge is 0.354 e. The van der Waals surface area contributed by atoms with E-state index in [-0.39, 0.29) is 29.9 Å². The summed E-state index contributed by atoms with van der Waals surface area (Å²) in [5.74, 6) is 0.785. The highest BCUT2D eigenvalue weighted by atomic mass is 127. The van der Waals surface area contributed by atoms with Crippen LogP contribution in [0.3, 0.4) is 0 Å². The minimum Gasteiger partial charge on any atom is -0.354 e. The number of carbonyl (C=O) groups is 1. The first-order valence-corrected chi connectivity index (χ1v) is 8.45. The lowest BCUT2D eigenvalue weighted by atomic mass is 10.1. The molecule has 0 radical (unpaired) electrons. The molecule has 1 aromatic carbocycles. The van der Waals surface area contributed by atoms with Crippen molar-refractivity contribution in [2.75, 3.05) is 13.6 Å². The molecule has 0 saturated heterocycles. The summed E-state index contributed by atoms with van der Waals surface area (Å²) in [6, 6.07) is 8.05. The van der Waals surface area contributed by atoms with Crippen molar-refractivity contribution in [2.24, 2.45) is 4.99 Å². The van der Waals surface area contributed by atoms with Gasteiger partial charge in [0.05, 0.1) is 0 Å². The fourth-order valence-corrected chi connectivity index (χ4v) is 1.97. The third-order valence-electron chi connectivity index (χ3n) is 3.71. The molecule has 1 amide bonds. The van der Waals surface area contributed by atoms with Gasteiger partial charge in [0, 0.05) is 31.7 Å². The smallest absolute Gasteiger partial charge is 0.251 e. The number of rotatable bonds is 8. The second-order valence-electron chi connectivity index (χ2n) is 5.69. The van der Waals surface area contributed by atoms with Gasteiger partial charge in [-0.05, 0) is 37.5 Å². The summed E-state index contributed by atoms with van der Waals surface area (Å²) in [4.78, 5) is 16.2. The Kier molecular flexibility index (Phi) is 12.3. The van der Waals surface area contributed by atoms with Crippen LogP contribution >= 0.6 is 24.0 Å². The first-order chi connectivity index (χ1) is 11.1. The molecule has 0 saturated carbocycles. The van der Waals surface area contributed by atoms with E-state index >= 15 is 0 Å². The molecular weight excluding hydrogens is 415 g/mol. The summed E-state index contributed by atoms with van der Waals surface area (Å²) in [6.45, 7) is 7.77. The maximum Gasteiger partial charge on any atom is 0.251 e. The SMILES string of the molecule is CCCCNC(=O)c1ccc(CNC(=NC)NC(C)CC)cc1.I. The first kappa shape index (κ1) is 22.7. The molecular formula is C18H31IN4O. The van der Waals surface area contributed by atoms with Gasteiger partial charge < -0.3 is 16.0 Å². The van der Waals surface area contributed by atoms with Crippen LogP contribution in [0.25, 0.3) is 0 Å². The van der Waals surface area contributed by atoms with E-state index in [1.807, 2.05) is 24.3 Å². The molecule has 0 aliphatic heterocycles. The van der Waals surface area contributed by atoms with Gasteiger partial charge in [-0.25, -0.2) is 0 Å². The van der Waals surface area contributed by atoms with Gasteiger partial charge in [-0.3, -0.25) is 9.79 Å². The van der Waals surface area contributed by atoms with Crippen LogP contribution in [0.5, 0.6) is 0 Å². The zero-order valence-corrected chi connectivity index (χ0v) is 17.5. The highest BCUT2D eigenvalue weighted by Crippen LogP contribution is 2.04. The zero-order valence-electron chi connectivity index (χ0n) is 15.2. The Balaban J connectivity index is 0.00000529. The zero-order chi connectivity index (χ0) is 17.1.